The Labute approximate surface area is 130 Å². The molecule has 1 saturated heterocycles. The van der Waals surface area contributed by atoms with Crippen molar-refractivity contribution >= 4 is 23.3 Å². The summed E-state index contributed by atoms with van der Waals surface area (Å²) in [6.07, 6.45) is 0.452. The molecule has 1 aromatic carbocycles. The first-order valence-electron chi connectivity index (χ1n) is 7.16. The van der Waals surface area contributed by atoms with Crippen molar-refractivity contribution in [2.24, 2.45) is 0 Å². The van der Waals surface area contributed by atoms with Crippen molar-refractivity contribution in [2.45, 2.75) is 38.8 Å². The number of amides is 1. The summed E-state index contributed by atoms with van der Waals surface area (Å²) in [7, 11) is 0. The zero-order valence-electron chi connectivity index (χ0n) is 12.3. The van der Waals surface area contributed by atoms with Crippen LogP contribution in [0.2, 0.25) is 5.02 Å². The Hall–Kier alpha value is -1.39. The molecule has 0 spiro atoms. The standard InChI is InChI=1S/C16H20ClNO3/c1-11-9-21-10-12(2)18(11)16(20)8-7-15(19)13-3-5-14(17)6-4-13/h3-6,11-12H,7-10H2,1-2H3. The fraction of sp³-hybridized carbons (Fsp3) is 0.500. The fourth-order valence-electron chi connectivity index (χ4n) is 2.63. The van der Waals surface area contributed by atoms with Crippen LogP contribution in [-0.2, 0) is 9.53 Å². The number of nitrogens with zero attached hydrogens (tertiary/aromatic N) is 1. The quantitative estimate of drug-likeness (QED) is 0.803. The molecule has 0 bridgehead atoms. The van der Waals surface area contributed by atoms with E-state index < -0.39 is 0 Å². The number of Topliss-reactive ketones (excluding diaryl/α,β-unsaturated/α-hetero) is 1. The highest BCUT2D eigenvalue weighted by Gasteiger charge is 2.29. The lowest BCUT2D eigenvalue weighted by atomic mass is 10.1. The lowest BCUT2D eigenvalue weighted by Gasteiger charge is -2.38. The Morgan fingerprint density at radius 3 is 2.29 bits per heavy atom. The average Bonchev–Trinajstić information content (AvgIpc) is 2.45. The van der Waals surface area contributed by atoms with Crippen LogP contribution in [-0.4, -0.2) is 41.9 Å². The highest BCUT2D eigenvalue weighted by Crippen LogP contribution is 2.17. The summed E-state index contributed by atoms with van der Waals surface area (Å²) in [4.78, 5) is 26.2. The lowest BCUT2D eigenvalue weighted by molar-refractivity contribution is -0.144. The van der Waals surface area contributed by atoms with Crippen molar-refractivity contribution in [1.29, 1.82) is 0 Å². The van der Waals surface area contributed by atoms with E-state index in [0.717, 1.165) is 0 Å². The summed E-state index contributed by atoms with van der Waals surface area (Å²) in [5.74, 6) is -0.0193. The van der Waals surface area contributed by atoms with Gasteiger partial charge in [-0.25, -0.2) is 0 Å². The highest BCUT2D eigenvalue weighted by atomic mass is 35.5. The van der Waals surface area contributed by atoms with Gasteiger partial charge in [0.2, 0.25) is 5.91 Å². The van der Waals surface area contributed by atoms with Gasteiger partial charge in [0.05, 0.1) is 25.3 Å². The number of carbonyl (C=O) groups excluding carboxylic acids is 2. The molecule has 1 aliphatic rings. The van der Waals surface area contributed by atoms with Crippen LogP contribution in [0.4, 0.5) is 0 Å². The maximum atomic E-state index is 12.3. The van der Waals surface area contributed by atoms with E-state index in [2.05, 4.69) is 0 Å². The van der Waals surface area contributed by atoms with Gasteiger partial charge < -0.3 is 9.64 Å². The van der Waals surface area contributed by atoms with E-state index in [1.807, 2.05) is 18.7 Å². The SMILES string of the molecule is CC1COCC(C)N1C(=O)CCC(=O)c1ccc(Cl)cc1. The average molecular weight is 310 g/mol. The second kappa shape index (κ2) is 7.05. The largest absolute Gasteiger partial charge is 0.377 e. The second-order valence-electron chi connectivity index (χ2n) is 5.47. The molecule has 2 unspecified atom stereocenters. The minimum Gasteiger partial charge on any atom is -0.377 e. The van der Waals surface area contributed by atoms with Crippen LogP contribution in [0.3, 0.4) is 0 Å². The Balaban J connectivity index is 1.91. The molecule has 2 rings (SSSR count). The van der Waals surface area contributed by atoms with Crippen LogP contribution in [0, 0.1) is 0 Å². The molecule has 0 N–H and O–H groups in total. The first-order valence-corrected chi connectivity index (χ1v) is 7.54. The monoisotopic (exact) mass is 309 g/mol. The van der Waals surface area contributed by atoms with Crippen LogP contribution >= 0.6 is 11.6 Å². The summed E-state index contributed by atoms with van der Waals surface area (Å²) >= 11 is 5.79. The van der Waals surface area contributed by atoms with Gasteiger partial charge in [0.1, 0.15) is 0 Å². The van der Waals surface area contributed by atoms with Gasteiger partial charge in [-0.3, -0.25) is 9.59 Å². The van der Waals surface area contributed by atoms with Crippen molar-refractivity contribution in [3.63, 3.8) is 0 Å². The molecule has 1 amide bonds. The van der Waals surface area contributed by atoms with Gasteiger partial charge in [-0.2, -0.15) is 0 Å². The van der Waals surface area contributed by atoms with Crippen LogP contribution in [0.15, 0.2) is 24.3 Å². The summed E-state index contributed by atoms with van der Waals surface area (Å²) in [6.45, 7) is 5.05. The molecule has 0 saturated carbocycles. The fourth-order valence-corrected chi connectivity index (χ4v) is 2.75. The van der Waals surface area contributed by atoms with Crippen LogP contribution in [0.1, 0.15) is 37.0 Å². The van der Waals surface area contributed by atoms with Crippen molar-refractivity contribution in [3.05, 3.63) is 34.9 Å². The molecular weight excluding hydrogens is 290 g/mol. The molecule has 1 heterocycles. The second-order valence-corrected chi connectivity index (χ2v) is 5.90. The van der Waals surface area contributed by atoms with E-state index >= 15 is 0 Å². The van der Waals surface area contributed by atoms with Crippen LogP contribution in [0.5, 0.6) is 0 Å². The van der Waals surface area contributed by atoms with E-state index in [-0.39, 0.29) is 36.6 Å². The van der Waals surface area contributed by atoms with E-state index in [1.165, 1.54) is 0 Å². The van der Waals surface area contributed by atoms with Crippen molar-refractivity contribution in [2.75, 3.05) is 13.2 Å². The predicted octanol–water partition coefficient (Wildman–Crippen LogP) is 2.94. The van der Waals surface area contributed by atoms with Crippen LogP contribution < -0.4 is 0 Å². The number of ketones is 1. The molecule has 21 heavy (non-hydrogen) atoms. The minimum absolute atomic E-state index is 0.0145. The smallest absolute Gasteiger partial charge is 0.223 e. The number of hydrogen-bond donors (Lipinski definition) is 0. The van der Waals surface area contributed by atoms with Crippen molar-refractivity contribution < 1.29 is 14.3 Å². The predicted molar refractivity (Wildman–Crippen MR) is 81.6 cm³/mol. The number of hydrogen-bond acceptors (Lipinski definition) is 3. The van der Waals surface area contributed by atoms with Gasteiger partial charge in [-0.05, 0) is 38.1 Å². The first kappa shape index (κ1) is 16.0. The zero-order valence-corrected chi connectivity index (χ0v) is 13.1. The number of rotatable bonds is 4. The zero-order chi connectivity index (χ0) is 15.4. The van der Waals surface area contributed by atoms with Gasteiger partial charge in [0.25, 0.3) is 0 Å². The maximum Gasteiger partial charge on any atom is 0.223 e. The molecule has 2 atom stereocenters. The molecule has 0 aliphatic carbocycles. The molecule has 114 valence electrons. The molecule has 1 aliphatic heterocycles. The minimum atomic E-state index is -0.0337. The molecule has 5 heteroatoms. The van der Waals surface area contributed by atoms with Gasteiger partial charge in [-0.1, -0.05) is 11.6 Å². The number of benzene rings is 1. The summed E-state index contributed by atoms with van der Waals surface area (Å²) < 4.78 is 5.41. The topological polar surface area (TPSA) is 46.6 Å². The van der Waals surface area contributed by atoms with Gasteiger partial charge in [-0.15, -0.1) is 0 Å². The van der Waals surface area contributed by atoms with E-state index in [0.29, 0.717) is 23.8 Å². The molecule has 0 radical (unpaired) electrons. The molecule has 4 nitrogen and oxygen atoms in total. The van der Waals surface area contributed by atoms with Gasteiger partial charge in [0, 0.05) is 23.4 Å². The van der Waals surface area contributed by atoms with E-state index in [4.69, 9.17) is 16.3 Å². The Kier molecular flexibility index (Phi) is 5.37. The summed E-state index contributed by atoms with van der Waals surface area (Å²) in [5, 5.41) is 0.596. The lowest BCUT2D eigenvalue weighted by Crippen LogP contribution is -2.52. The van der Waals surface area contributed by atoms with E-state index in [1.54, 1.807) is 24.3 Å². The third-order valence-electron chi connectivity index (χ3n) is 3.69. The Bertz CT molecular complexity index is 505. The van der Waals surface area contributed by atoms with Crippen molar-refractivity contribution in [1.82, 2.24) is 4.90 Å². The number of halogens is 1. The molecule has 1 fully saturated rings. The molecule has 0 aromatic heterocycles. The highest BCUT2D eigenvalue weighted by molar-refractivity contribution is 6.30. The number of carbonyl (C=O) groups is 2. The summed E-state index contributed by atoms with van der Waals surface area (Å²) in [6, 6.07) is 6.87. The van der Waals surface area contributed by atoms with Crippen molar-refractivity contribution in [3.8, 4) is 0 Å². The first-order chi connectivity index (χ1) is 9.99. The maximum absolute atomic E-state index is 12.3. The summed E-state index contributed by atoms with van der Waals surface area (Å²) in [5.41, 5.74) is 0.593. The molecule has 1 aromatic rings. The van der Waals surface area contributed by atoms with Gasteiger partial charge >= 0.3 is 0 Å². The van der Waals surface area contributed by atoms with Crippen LogP contribution in [0.25, 0.3) is 0 Å². The van der Waals surface area contributed by atoms with E-state index in [9.17, 15) is 9.59 Å². The third-order valence-corrected chi connectivity index (χ3v) is 3.94. The third kappa shape index (κ3) is 4.05. The molecular formula is C16H20ClNO3. The normalized spacial score (nSPS) is 22.1. The Morgan fingerprint density at radius 2 is 1.71 bits per heavy atom. The number of ether oxygens (including phenoxy) is 1. The van der Waals surface area contributed by atoms with Gasteiger partial charge in [0.15, 0.2) is 5.78 Å². The number of morpholine rings is 1. The Morgan fingerprint density at radius 1 is 1.14 bits per heavy atom.